The zero-order valence-electron chi connectivity index (χ0n) is 11.1. The van der Waals surface area contributed by atoms with Gasteiger partial charge in [-0.2, -0.15) is 0 Å². The molecule has 2 heterocycles. The van der Waals surface area contributed by atoms with Crippen LogP contribution >= 0.6 is 22.9 Å². The molecule has 0 spiro atoms. The standard InChI is InChI=1S/C12H18ClN3O2S/c1-8-5-16(6-9(2)18-8)4-3-14-12(17)10-11(13)15-7-19-10/h7-9H,3-6H2,1-2H3,(H,14,17)/t8-,9-/m1/s1. The Morgan fingerprint density at radius 3 is 2.84 bits per heavy atom. The van der Waals surface area contributed by atoms with Gasteiger partial charge in [0.1, 0.15) is 4.88 Å². The number of carbonyl (C=O) groups excluding carboxylic acids is 1. The molecule has 5 nitrogen and oxygen atoms in total. The maximum absolute atomic E-state index is 11.8. The van der Waals surface area contributed by atoms with Gasteiger partial charge in [-0.1, -0.05) is 11.6 Å². The minimum absolute atomic E-state index is 0.151. The summed E-state index contributed by atoms with van der Waals surface area (Å²) in [7, 11) is 0. The Kier molecular flexibility index (Phi) is 5.15. The summed E-state index contributed by atoms with van der Waals surface area (Å²) in [5.41, 5.74) is 1.57. The van der Waals surface area contributed by atoms with Crippen molar-refractivity contribution < 1.29 is 9.53 Å². The van der Waals surface area contributed by atoms with Crippen molar-refractivity contribution in [3.63, 3.8) is 0 Å². The van der Waals surface area contributed by atoms with Crippen LogP contribution in [-0.2, 0) is 4.74 Å². The van der Waals surface area contributed by atoms with Gasteiger partial charge in [-0.3, -0.25) is 9.69 Å². The van der Waals surface area contributed by atoms with Crippen LogP contribution in [0.25, 0.3) is 0 Å². The topological polar surface area (TPSA) is 54.5 Å². The summed E-state index contributed by atoms with van der Waals surface area (Å²) in [5.74, 6) is -0.151. The molecule has 0 saturated carbocycles. The maximum atomic E-state index is 11.8. The van der Waals surface area contributed by atoms with Gasteiger partial charge in [0, 0.05) is 26.2 Å². The highest BCUT2D eigenvalue weighted by Crippen LogP contribution is 2.17. The lowest BCUT2D eigenvalue weighted by molar-refractivity contribution is -0.0672. The smallest absolute Gasteiger partial charge is 0.264 e. The molecule has 19 heavy (non-hydrogen) atoms. The normalized spacial score (nSPS) is 24.4. The van der Waals surface area contributed by atoms with Crippen molar-refractivity contribution in [1.29, 1.82) is 0 Å². The van der Waals surface area contributed by atoms with Crippen LogP contribution in [-0.4, -0.2) is 54.2 Å². The number of thiazole rings is 1. The van der Waals surface area contributed by atoms with Crippen molar-refractivity contribution in [1.82, 2.24) is 15.2 Å². The molecule has 0 unspecified atom stereocenters. The second kappa shape index (κ2) is 6.65. The summed E-state index contributed by atoms with van der Waals surface area (Å²) in [6.45, 7) is 7.37. The molecule has 1 aliphatic heterocycles. The minimum Gasteiger partial charge on any atom is -0.373 e. The fourth-order valence-corrected chi connectivity index (χ4v) is 3.17. The van der Waals surface area contributed by atoms with Gasteiger partial charge >= 0.3 is 0 Å². The Morgan fingerprint density at radius 1 is 1.58 bits per heavy atom. The van der Waals surface area contributed by atoms with E-state index in [1.54, 1.807) is 5.51 Å². The van der Waals surface area contributed by atoms with E-state index in [-0.39, 0.29) is 23.3 Å². The molecule has 1 N–H and O–H groups in total. The van der Waals surface area contributed by atoms with Crippen LogP contribution < -0.4 is 5.32 Å². The number of rotatable bonds is 4. The predicted octanol–water partition coefficient (Wildman–Crippen LogP) is 1.64. The number of carbonyl (C=O) groups is 1. The molecule has 1 fully saturated rings. The largest absolute Gasteiger partial charge is 0.373 e. The third-order valence-electron chi connectivity index (χ3n) is 2.94. The first-order valence-electron chi connectivity index (χ1n) is 6.31. The van der Waals surface area contributed by atoms with E-state index in [0.717, 1.165) is 19.6 Å². The van der Waals surface area contributed by atoms with Crippen LogP contribution in [0.3, 0.4) is 0 Å². The molecule has 1 saturated heterocycles. The molecule has 0 bridgehead atoms. The van der Waals surface area contributed by atoms with E-state index >= 15 is 0 Å². The monoisotopic (exact) mass is 303 g/mol. The van der Waals surface area contributed by atoms with Crippen molar-refractivity contribution in [2.75, 3.05) is 26.2 Å². The van der Waals surface area contributed by atoms with E-state index in [0.29, 0.717) is 11.4 Å². The van der Waals surface area contributed by atoms with Crippen molar-refractivity contribution in [2.45, 2.75) is 26.1 Å². The number of nitrogens with zero attached hydrogens (tertiary/aromatic N) is 2. The number of hydrogen-bond acceptors (Lipinski definition) is 5. The first kappa shape index (κ1) is 14.7. The molecular formula is C12H18ClN3O2S. The lowest BCUT2D eigenvalue weighted by atomic mass is 10.2. The highest BCUT2D eigenvalue weighted by Gasteiger charge is 2.22. The number of nitrogens with one attached hydrogen (secondary N) is 1. The Morgan fingerprint density at radius 2 is 2.26 bits per heavy atom. The summed E-state index contributed by atoms with van der Waals surface area (Å²) in [6.07, 6.45) is 0.491. The molecule has 0 radical (unpaired) electrons. The molecule has 2 atom stereocenters. The predicted molar refractivity (Wildman–Crippen MR) is 75.9 cm³/mol. The molecule has 1 amide bonds. The number of amides is 1. The van der Waals surface area contributed by atoms with Gasteiger partial charge in [-0.15, -0.1) is 11.3 Å². The van der Waals surface area contributed by atoms with Crippen molar-refractivity contribution in [3.05, 3.63) is 15.5 Å². The van der Waals surface area contributed by atoms with E-state index in [1.165, 1.54) is 11.3 Å². The minimum atomic E-state index is -0.151. The average molecular weight is 304 g/mol. The SMILES string of the molecule is C[C@@H]1CN(CCNC(=O)c2scnc2Cl)C[C@@H](C)O1. The lowest BCUT2D eigenvalue weighted by Crippen LogP contribution is -2.47. The molecule has 7 heteroatoms. The van der Waals surface area contributed by atoms with Crippen molar-refractivity contribution in [3.8, 4) is 0 Å². The third kappa shape index (κ3) is 4.14. The van der Waals surface area contributed by atoms with Crippen LogP contribution in [0.4, 0.5) is 0 Å². The van der Waals surface area contributed by atoms with E-state index in [1.807, 2.05) is 0 Å². The second-order valence-corrected chi connectivity index (χ2v) is 5.96. The molecule has 1 aromatic rings. The van der Waals surface area contributed by atoms with Gasteiger partial charge in [-0.25, -0.2) is 4.98 Å². The number of halogens is 1. The highest BCUT2D eigenvalue weighted by molar-refractivity contribution is 7.12. The number of aromatic nitrogens is 1. The maximum Gasteiger partial charge on any atom is 0.264 e. The van der Waals surface area contributed by atoms with Crippen LogP contribution in [0.1, 0.15) is 23.5 Å². The van der Waals surface area contributed by atoms with E-state index < -0.39 is 0 Å². The Balaban J connectivity index is 1.75. The van der Waals surface area contributed by atoms with Crippen molar-refractivity contribution >= 4 is 28.8 Å². The summed E-state index contributed by atoms with van der Waals surface area (Å²) in [5, 5.41) is 3.14. The zero-order valence-corrected chi connectivity index (χ0v) is 12.6. The van der Waals surface area contributed by atoms with E-state index in [4.69, 9.17) is 16.3 Å². The van der Waals surface area contributed by atoms with Crippen LogP contribution in [0.5, 0.6) is 0 Å². The van der Waals surface area contributed by atoms with Crippen LogP contribution in [0.15, 0.2) is 5.51 Å². The molecule has 2 rings (SSSR count). The lowest BCUT2D eigenvalue weighted by Gasteiger charge is -2.35. The van der Waals surface area contributed by atoms with Gasteiger partial charge in [0.25, 0.3) is 5.91 Å². The quantitative estimate of drug-likeness (QED) is 0.919. The Labute approximate surface area is 121 Å². The van der Waals surface area contributed by atoms with Gasteiger partial charge < -0.3 is 10.1 Å². The van der Waals surface area contributed by atoms with Gasteiger partial charge in [0.05, 0.1) is 17.7 Å². The fourth-order valence-electron chi connectivity index (χ4n) is 2.25. The van der Waals surface area contributed by atoms with Gasteiger partial charge in [-0.05, 0) is 13.8 Å². The van der Waals surface area contributed by atoms with E-state index in [2.05, 4.69) is 29.0 Å². The van der Waals surface area contributed by atoms with Crippen LogP contribution in [0, 0.1) is 0 Å². The molecule has 1 aliphatic rings. The third-order valence-corrected chi connectivity index (χ3v) is 4.16. The van der Waals surface area contributed by atoms with Crippen LogP contribution in [0.2, 0.25) is 5.15 Å². The first-order valence-corrected chi connectivity index (χ1v) is 7.57. The molecule has 0 aliphatic carbocycles. The highest BCUT2D eigenvalue weighted by atomic mass is 35.5. The van der Waals surface area contributed by atoms with Crippen molar-refractivity contribution in [2.24, 2.45) is 0 Å². The second-order valence-electron chi connectivity index (χ2n) is 4.75. The van der Waals surface area contributed by atoms with Gasteiger partial charge in [0.2, 0.25) is 0 Å². The summed E-state index contributed by atoms with van der Waals surface area (Å²) in [4.78, 5) is 18.5. The van der Waals surface area contributed by atoms with Gasteiger partial charge in [0.15, 0.2) is 5.15 Å². The first-order chi connectivity index (χ1) is 9.06. The summed E-state index contributed by atoms with van der Waals surface area (Å²) < 4.78 is 5.67. The number of hydrogen-bond donors (Lipinski definition) is 1. The fraction of sp³-hybridized carbons (Fsp3) is 0.667. The van der Waals surface area contributed by atoms with E-state index in [9.17, 15) is 4.79 Å². The molecular weight excluding hydrogens is 286 g/mol. The Bertz CT molecular complexity index is 430. The summed E-state index contributed by atoms with van der Waals surface area (Å²) in [6, 6.07) is 0. The zero-order chi connectivity index (χ0) is 13.8. The molecule has 1 aromatic heterocycles. The number of morpholine rings is 1. The summed E-state index contributed by atoms with van der Waals surface area (Å²) >= 11 is 7.07. The number of ether oxygens (including phenoxy) is 1. The Hall–Kier alpha value is -0.690. The molecule has 0 aromatic carbocycles. The average Bonchev–Trinajstić information content (AvgIpc) is 2.74. The molecule has 106 valence electrons.